The van der Waals surface area contributed by atoms with Crippen LogP contribution >= 0.6 is 11.6 Å². The van der Waals surface area contributed by atoms with Crippen molar-refractivity contribution in [1.29, 1.82) is 0 Å². The number of ether oxygens (including phenoxy) is 1. The number of carbonyl (C=O) groups is 1. The van der Waals surface area contributed by atoms with Crippen molar-refractivity contribution in [2.45, 2.75) is 56.3 Å². The van der Waals surface area contributed by atoms with E-state index in [1.807, 2.05) is 41.6 Å². The molecule has 6 rings (SSSR count). The van der Waals surface area contributed by atoms with Gasteiger partial charge >= 0.3 is 0 Å². The van der Waals surface area contributed by atoms with E-state index in [9.17, 15) is 9.90 Å². The van der Waals surface area contributed by atoms with Crippen molar-refractivity contribution in [3.05, 3.63) is 35.4 Å². The fraction of sp³-hybridized carbons (Fsp3) is 0.500. The molecule has 2 fully saturated rings. The largest absolute Gasteiger partial charge is 0.388 e. The van der Waals surface area contributed by atoms with E-state index in [2.05, 4.69) is 19.9 Å². The third kappa shape index (κ3) is 4.56. The molecule has 39 heavy (non-hydrogen) atoms. The molecule has 1 spiro atoms. The Bertz CT molecular complexity index is 1570. The molecule has 0 saturated carbocycles. The molecule has 0 unspecified atom stereocenters. The maximum absolute atomic E-state index is 13.1. The molecular formula is C26H32ClN9O3. The van der Waals surface area contributed by atoms with Crippen LogP contribution in [0, 0.1) is 0 Å². The molecule has 0 aliphatic carbocycles. The second-order valence-corrected chi connectivity index (χ2v) is 11.4. The van der Waals surface area contributed by atoms with Gasteiger partial charge in [-0.2, -0.15) is 9.97 Å². The van der Waals surface area contributed by atoms with Crippen LogP contribution in [0.4, 0.5) is 11.8 Å². The molecule has 3 aromatic heterocycles. The highest BCUT2D eigenvalue weighted by atomic mass is 35.5. The van der Waals surface area contributed by atoms with Crippen LogP contribution in [0.2, 0.25) is 5.02 Å². The first-order valence-corrected chi connectivity index (χ1v) is 13.4. The SMILES string of the molecule is Cn1c(CCC(=O)N2CCC3(CC2)C[C@@](C)(O)[C@H](n2cnc4c(N)nc(N)nc42)CO3)nc2cc(Cl)ccc21. The van der Waals surface area contributed by atoms with Crippen LogP contribution in [0.3, 0.4) is 0 Å². The number of rotatable bonds is 4. The second kappa shape index (κ2) is 9.32. The standard InChI is InChI=1S/C26H32ClN9O3/c1-25(38)13-26(39-12-18(25)36-14-30-21-22(28)32-24(29)33-23(21)36)7-9-35(10-8-26)20(37)6-5-19-31-16-11-15(27)3-4-17(16)34(19)2/h3-4,11,14,18,38H,5-10,12-13H2,1-2H3,(H4,28,29,32,33)/t18-,25-/m1/s1. The molecule has 2 saturated heterocycles. The number of nitrogens with zero attached hydrogens (tertiary/aromatic N) is 7. The minimum absolute atomic E-state index is 0.0483. The van der Waals surface area contributed by atoms with Gasteiger partial charge in [-0.1, -0.05) is 11.6 Å². The van der Waals surface area contributed by atoms with Gasteiger partial charge in [0.15, 0.2) is 11.5 Å². The summed E-state index contributed by atoms with van der Waals surface area (Å²) in [5.41, 5.74) is 12.9. The zero-order valence-electron chi connectivity index (χ0n) is 22.0. The first kappa shape index (κ1) is 25.8. The normalized spacial score (nSPS) is 23.2. The lowest BCUT2D eigenvalue weighted by Crippen LogP contribution is -2.58. The van der Waals surface area contributed by atoms with Crippen molar-refractivity contribution in [1.82, 2.24) is 34.0 Å². The summed E-state index contributed by atoms with van der Waals surface area (Å²) in [6.45, 7) is 3.23. The highest BCUT2D eigenvalue weighted by Gasteiger charge is 2.50. The summed E-state index contributed by atoms with van der Waals surface area (Å²) in [5, 5.41) is 12.2. The Kier molecular flexibility index (Phi) is 6.16. The third-order valence-corrected chi connectivity index (χ3v) is 8.51. The van der Waals surface area contributed by atoms with Crippen molar-refractivity contribution in [2.75, 3.05) is 31.2 Å². The summed E-state index contributed by atoms with van der Waals surface area (Å²) in [4.78, 5) is 32.2. The van der Waals surface area contributed by atoms with Crippen molar-refractivity contribution >= 4 is 51.5 Å². The van der Waals surface area contributed by atoms with Crippen LogP contribution in [-0.2, 0) is 23.0 Å². The van der Waals surface area contributed by atoms with E-state index in [1.165, 1.54) is 0 Å². The van der Waals surface area contributed by atoms with Gasteiger partial charge in [0.2, 0.25) is 11.9 Å². The molecule has 4 aromatic rings. The number of hydrogen-bond donors (Lipinski definition) is 3. The average Bonchev–Trinajstić information content (AvgIpc) is 3.43. The van der Waals surface area contributed by atoms with E-state index in [4.69, 9.17) is 27.8 Å². The van der Waals surface area contributed by atoms with E-state index in [0.717, 1.165) is 16.9 Å². The number of hydrogen-bond acceptors (Lipinski definition) is 9. The summed E-state index contributed by atoms with van der Waals surface area (Å²) < 4.78 is 10.2. The van der Waals surface area contributed by atoms with Crippen molar-refractivity contribution in [3.8, 4) is 0 Å². The average molecular weight is 554 g/mol. The minimum Gasteiger partial charge on any atom is -0.388 e. The van der Waals surface area contributed by atoms with E-state index < -0.39 is 17.2 Å². The number of imidazole rings is 2. The van der Waals surface area contributed by atoms with Crippen LogP contribution in [0.15, 0.2) is 24.5 Å². The number of benzene rings is 1. The number of carbonyl (C=O) groups excluding carboxylic acids is 1. The predicted molar refractivity (Wildman–Crippen MR) is 147 cm³/mol. The molecular weight excluding hydrogens is 522 g/mol. The van der Waals surface area contributed by atoms with Gasteiger partial charge in [-0.25, -0.2) is 9.97 Å². The number of likely N-dealkylation sites (tertiary alicyclic amines) is 1. The molecule has 2 aliphatic heterocycles. The van der Waals surface area contributed by atoms with E-state index in [1.54, 1.807) is 10.9 Å². The van der Waals surface area contributed by atoms with Gasteiger partial charge in [-0.05, 0) is 38.0 Å². The van der Waals surface area contributed by atoms with E-state index in [0.29, 0.717) is 61.4 Å². The Morgan fingerprint density at radius 3 is 2.74 bits per heavy atom. The Morgan fingerprint density at radius 2 is 2.00 bits per heavy atom. The van der Waals surface area contributed by atoms with Crippen LogP contribution in [0.5, 0.6) is 0 Å². The zero-order chi connectivity index (χ0) is 27.5. The summed E-state index contributed by atoms with van der Waals surface area (Å²) in [5.74, 6) is 1.19. The number of anilines is 2. The number of nitrogens with two attached hydrogens (primary N) is 2. The van der Waals surface area contributed by atoms with Gasteiger partial charge in [-0.15, -0.1) is 0 Å². The van der Waals surface area contributed by atoms with Gasteiger partial charge in [0, 0.05) is 44.4 Å². The first-order valence-electron chi connectivity index (χ1n) is 13.1. The number of aryl methyl sites for hydroxylation is 2. The molecule has 2 atom stereocenters. The molecule has 12 nitrogen and oxygen atoms in total. The van der Waals surface area contributed by atoms with Gasteiger partial charge in [0.1, 0.15) is 11.3 Å². The number of aromatic nitrogens is 6. The molecule has 2 aliphatic rings. The number of aliphatic hydroxyl groups is 1. The fourth-order valence-electron chi connectivity index (χ4n) is 6.13. The Hall–Kier alpha value is -3.48. The highest BCUT2D eigenvalue weighted by Crippen LogP contribution is 2.44. The van der Waals surface area contributed by atoms with E-state index >= 15 is 0 Å². The number of amides is 1. The van der Waals surface area contributed by atoms with Crippen LogP contribution < -0.4 is 11.5 Å². The maximum atomic E-state index is 13.1. The summed E-state index contributed by atoms with van der Waals surface area (Å²) in [7, 11) is 1.96. The van der Waals surface area contributed by atoms with Crippen LogP contribution in [-0.4, -0.2) is 75.9 Å². The first-order chi connectivity index (χ1) is 18.6. The zero-order valence-corrected chi connectivity index (χ0v) is 22.7. The predicted octanol–water partition coefficient (Wildman–Crippen LogP) is 2.24. The molecule has 1 aromatic carbocycles. The number of halogens is 1. The van der Waals surface area contributed by atoms with Gasteiger partial charge < -0.3 is 35.3 Å². The Morgan fingerprint density at radius 1 is 1.23 bits per heavy atom. The van der Waals surface area contributed by atoms with Crippen molar-refractivity contribution in [3.63, 3.8) is 0 Å². The van der Waals surface area contributed by atoms with Crippen molar-refractivity contribution in [2.24, 2.45) is 7.05 Å². The van der Waals surface area contributed by atoms with Crippen LogP contribution in [0.1, 0.15) is 44.5 Å². The summed E-state index contributed by atoms with van der Waals surface area (Å²) >= 11 is 6.10. The number of fused-ring (bicyclic) bond motifs is 2. The monoisotopic (exact) mass is 553 g/mol. The molecule has 13 heteroatoms. The smallest absolute Gasteiger partial charge is 0.224 e. The highest BCUT2D eigenvalue weighted by molar-refractivity contribution is 6.31. The van der Waals surface area contributed by atoms with Gasteiger partial charge in [0.25, 0.3) is 0 Å². The Labute approximate surface area is 229 Å². The Balaban J connectivity index is 1.09. The molecule has 5 N–H and O–H groups in total. The van der Waals surface area contributed by atoms with Crippen LogP contribution in [0.25, 0.3) is 22.2 Å². The fourth-order valence-corrected chi connectivity index (χ4v) is 6.29. The lowest BCUT2D eigenvalue weighted by molar-refractivity contribution is -0.196. The lowest BCUT2D eigenvalue weighted by Gasteiger charge is -2.51. The molecule has 1 amide bonds. The third-order valence-electron chi connectivity index (χ3n) is 8.27. The van der Waals surface area contributed by atoms with Gasteiger partial charge in [-0.3, -0.25) is 4.79 Å². The molecule has 0 radical (unpaired) electrons. The minimum atomic E-state index is -1.10. The maximum Gasteiger partial charge on any atom is 0.224 e. The second-order valence-electron chi connectivity index (χ2n) is 10.9. The molecule has 0 bridgehead atoms. The summed E-state index contributed by atoms with van der Waals surface area (Å²) in [6, 6.07) is 5.20. The quantitative estimate of drug-likeness (QED) is 0.344. The number of nitrogen functional groups attached to an aromatic ring is 2. The number of piperidine rings is 1. The molecule has 5 heterocycles. The van der Waals surface area contributed by atoms with Gasteiger partial charge in [0.05, 0.1) is 41.2 Å². The molecule has 206 valence electrons. The van der Waals surface area contributed by atoms with E-state index in [-0.39, 0.29) is 24.3 Å². The van der Waals surface area contributed by atoms with Crippen molar-refractivity contribution < 1.29 is 14.6 Å². The topological polar surface area (TPSA) is 163 Å². The lowest BCUT2D eigenvalue weighted by atomic mass is 9.75. The summed E-state index contributed by atoms with van der Waals surface area (Å²) in [6.07, 6.45) is 4.24.